The number of nitrogens with zero attached hydrogens (tertiary/aromatic N) is 2. The summed E-state index contributed by atoms with van der Waals surface area (Å²) in [6.07, 6.45) is 9.66. The summed E-state index contributed by atoms with van der Waals surface area (Å²) in [5.74, 6) is 3.09. The number of hydrogen-bond acceptors (Lipinski definition) is 5. The van der Waals surface area contributed by atoms with Crippen molar-refractivity contribution in [3.8, 4) is 5.75 Å². The monoisotopic (exact) mass is 448 g/mol. The summed E-state index contributed by atoms with van der Waals surface area (Å²) >= 11 is 0. The zero-order valence-electron chi connectivity index (χ0n) is 20.0. The van der Waals surface area contributed by atoms with Gasteiger partial charge in [-0.25, -0.2) is 4.98 Å². The van der Waals surface area contributed by atoms with Crippen molar-refractivity contribution in [2.75, 3.05) is 31.3 Å². The lowest BCUT2D eigenvalue weighted by Gasteiger charge is -2.44. The van der Waals surface area contributed by atoms with Crippen LogP contribution in [0.3, 0.4) is 0 Å². The van der Waals surface area contributed by atoms with Gasteiger partial charge in [-0.3, -0.25) is 4.79 Å². The number of fused-ring (bicyclic) bond motifs is 1. The molecule has 1 aromatic heterocycles. The second-order valence-corrected chi connectivity index (χ2v) is 10.5. The van der Waals surface area contributed by atoms with E-state index in [0.29, 0.717) is 24.4 Å². The van der Waals surface area contributed by atoms with E-state index < -0.39 is 0 Å². The van der Waals surface area contributed by atoms with E-state index in [0.717, 1.165) is 66.9 Å². The summed E-state index contributed by atoms with van der Waals surface area (Å²) in [4.78, 5) is 20.1. The van der Waals surface area contributed by atoms with Crippen LogP contribution in [0.15, 0.2) is 36.5 Å². The van der Waals surface area contributed by atoms with Gasteiger partial charge >= 0.3 is 0 Å². The molecule has 5 rings (SSSR count). The lowest BCUT2D eigenvalue weighted by Crippen LogP contribution is -2.36. The SMILES string of the molecule is Cc1ccc(N2CCOc3c(C(=O)CC4CCC(C5(C)CCOCC5)CC4)cccc32)nc1. The molecule has 1 saturated heterocycles. The number of ketones is 1. The molecule has 2 aromatic rings. The van der Waals surface area contributed by atoms with Crippen molar-refractivity contribution in [1.29, 1.82) is 0 Å². The van der Waals surface area contributed by atoms with Crippen molar-refractivity contribution >= 4 is 17.3 Å². The third-order valence-corrected chi connectivity index (χ3v) is 8.26. The predicted molar refractivity (Wildman–Crippen MR) is 130 cm³/mol. The van der Waals surface area contributed by atoms with Crippen LogP contribution in [0, 0.1) is 24.2 Å². The molecule has 0 N–H and O–H groups in total. The minimum absolute atomic E-state index is 0.214. The first-order chi connectivity index (χ1) is 16.0. The van der Waals surface area contributed by atoms with Gasteiger partial charge in [0.05, 0.1) is 17.8 Å². The molecule has 2 aliphatic heterocycles. The van der Waals surface area contributed by atoms with E-state index in [-0.39, 0.29) is 5.78 Å². The van der Waals surface area contributed by atoms with E-state index in [4.69, 9.17) is 9.47 Å². The molecule has 33 heavy (non-hydrogen) atoms. The minimum atomic E-state index is 0.214. The normalized spacial score (nSPS) is 24.6. The Morgan fingerprint density at radius 1 is 1.09 bits per heavy atom. The first kappa shape index (κ1) is 22.4. The second kappa shape index (κ2) is 9.46. The number of hydrogen-bond donors (Lipinski definition) is 0. The average molecular weight is 449 g/mol. The largest absolute Gasteiger partial charge is 0.489 e. The maximum Gasteiger partial charge on any atom is 0.166 e. The van der Waals surface area contributed by atoms with Crippen LogP contribution in [0.25, 0.3) is 0 Å². The van der Waals surface area contributed by atoms with Crippen LogP contribution >= 0.6 is 0 Å². The summed E-state index contributed by atoms with van der Waals surface area (Å²) in [5, 5.41) is 0. The Morgan fingerprint density at radius 3 is 2.61 bits per heavy atom. The molecule has 0 spiro atoms. The van der Waals surface area contributed by atoms with E-state index in [1.807, 2.05) is 37.4 Å². The van der Waals surface area contributed by atoms with E-state index in [9.17, 15) is 4.79 Å². The molecule has 0 bridgehead atoms. The number of Topliss-reactive ketones (excluding diaryl/α,β-unsaturated/α-hetero) is 1. The molecule has 1 saturated carbocycles. The molecule has 1 aromatic carbocycles. The second-order valence-electron chi connectivity index (χ2n) is 10.5. The van der Waals surface area contributed by atoms with Gasteiger partial charge in [0.15, 0.2) is 11.5 Å². The third kappa shape index (κ3) is 4.65. The highest BCUT2D eigenvalue weighted by Gasteiger charge is 2.38. The zero-order chi connectivity index (χ0) is 22.8. The molecule has 0 atom stereocenters. The molecule has 5 heteroatoms. The number of anilines is 2. The molecule has 0 radical (unpaired) electrons. The highest BCUT2D eigenvalue weighted by Crippen LogP contribution is 2.47. The van der Waals surface area contributed by atoms with Crippen LogP contribution in [-0.4, -0.2) is 37.1 Å². The average Bonchev–Trinajstić information content (AvgIpc) is 2.84. The van der Waals surface area contributed by atoms with Gasteiger partial charge in [0, 0.05) is 25.8 Å². The van der Waals surface area contributed by atoms with Crippen LogP contribution in [0.2, 0.25) is 0 Å². The predicted octanol–water partition coefficient (Wildman–Crippen LogP) is 6.12. The molecule has 3 heterocycles. The molecule has 176 valence electrons. The number of rotatable bonds is 5. The Bertz CT molecular complexity index is 973. The van der Waals surface area contributed by atoms with Crippen LogP contribution in [0.5, 0.6) is 5.75 Å². The highest BCUT2D eigenvalue weighted by atomic mass is 16.5. The molecular weight excluding hydrogens is 412 g/mol. The Labute approximate surface area is 197 Å². The Hall–Kier alpha value is -2.40. The van der Waals surface area contributed by atoms with Crippen molar-refractivity contribution in [2.24, 2.45) is 17.3 Å². The summed E-state index contributed by atoms with van der Waals surface area (Å²) in [6.45, 7) is 7.59. The zero-order valence-corrected chi connectivity index (χ0v) is 20.0. The fourth-order valence-electron chi connectivity index (χ4n) is 6.01. The highest BCUT2D eigenvalue weighted by molar-refractivity contribution is 6.01. The molecule has 2 fully saturated rings. The first-order valence-corrected chi connectivity index (χ1v) is 12.6. The summed E-state index contributed by atoms with van der Waals surface area (Å²) < 4.78 is 11.6. The molecule has 5 nitrogen and oxygen atoms in total. The molecule has 3 aliphatic rings. The maximum absolute atomic E-state index is 13.4. The van der Waals surface area contributed by atoms with Gasteiger partial charge in [-0.2, -0.15) is 0 Å². The van der Waals surface area contributed by atoms with E-state index in [2.05, 4.69) is 22.9 Å². The van der Waals surface area contributed by atoms with Gasteiger partial charge < -0.3 is 14.4 Å². The number of benzene rings is 1. The summed E-state index contributed by atoms with van der Waals surface area (Å²) in [6, 6.07) is 10.1. The van der Waals surface area contributed by atoms with Crippen LogP contribution in [0.4, 0.5) is 11.5 Å². The van der Waals surface area contributed by atoms with Crippen LogP contribution in [0.1, 0.15) is 67.8 Å². The van der Waals surface area contributed by atoms with E-state index in [1.165, 1.54) is 25.7 Å². The standard InChI is InChI=1S/C28H36N2O3/c1-20-6-11-26(29-19-20)30-14-17-33-27-23(4-3-5-24(27)30)25(31)18-21-7-9-22(10-8-21)28(2)12-15-32-16-13-28/h3-6,11,19,21-22H,7-10,12-18H2,1-2H3. The van der Waals surface area contributed by atoms with E-state index >= 15 is 0 Å². The third-order valence-electron chi connectivity index (χ3n) is 8.26. The summed E-state index contributed by atoms with van der Waals surface area (Å²) in [5.41, 5.74) is 3.23. The van der Waals surface area contributed by atoms with Crippen LogP contribution in [-0.2, 0) is 4.74 Å². The minimum Gasteiger partial charge on any atom is -0.489 e. The number of carbonyl (C=O) groups excluding carboxylic acids is 1. The van der Waals surface area contributed by atoms with Crippen molar-refractivity contribution in [2.45, 2.75) is 58.8 Å². The summed E-state index contributed by atoms with van der Waals surface area (Å²) in [7, 11) is 0. The Kier molecular flexibility index (Phi) is 6.42. The number of para-hydroxylation sites is 1. The van der Waals surface area contributed by atoms with Gasteiger partial charge in [-0.05, 0) is 86.5 Å². The van der Waals surface area contributed by atoms with Gasteiger partial charge in [0.25, 0.3) is 0 Å². The maximum atomic E-state index is 13.4. The lowest BCUT2D eigenvalue weighted by atomic mass is 9.64. The van der Waals surface area contributed by atoms with Crippen LogP contribution < -0.4 is 9.64 Å². The van der Waals surface area contributed by atoms with Gasteiger partial charge in [-0.1, -0.05) is 19.1 Å². The molecule has 1 aliphatic carbocycles. The van der Waals surface area contributed by atoms with Crippen molar-refractivity contribution in [1.82, 2.24) is 4.98 Å². The topological polar surface area (TPSA) is 51.7 Å². The van der Waals surface area contributed by atoms with Gasteiger partial charge in [0.2, 0.25) is 0 Å². The number of ether oxygens (including phenoxy) is 2. The lowest BCUT2D eigenvalue weighted by molar-refractivity contribution is -0.0214. The van der Waals surface area contributed by atoms with Crippen molar-refractivity contribution < 1.29 is 14.3 Å². The number of pyridine rings is 1. The van der Waals surface area contributed by atoms with E-state index in [1.54, 1.807) is 0 Å². The number of aromatic nitrogens is 1. The van der Waals surface area contributed by atoms with Gasteiger partial charge in [-0.15, -0.1) is 0 Å². The van der Waals surface area contributed by atoms with Gasteiger partial charge in [0.1, 0.15) is 12.4 Å². The molecular formula is C28H36N2O3. The Morgan fingerprint density at radius 2 is 1.88 bits per heavy atom. The number of carbonyl (C=O) groups is 1. The van der Waals surface area contributed by atoms with Crippen molar-refractivity contribution in [3.63, 3.8) is 0 Å². The molecule has 0 unspecified atom stereocenters. The number of aryl methyl sites for hydroxylation is 1. The fourth-order valence-corrected chi connectivity index (χ4v) is 6.01. The molecule has 0 amide bonds. The quantitative estimate of drug-likeness (QED) is 0.516. The van der Waals surface area contributed by atoms with Crippen molar-refractivity contribution in [3.05, 3.63) is 47.7 Å². The Balaban J connectivity index is 1.26. The fraction of sp³-hybridized carbons (Fsp3) is 0.571. The first-order valence-electron chi connectivity index (χ1n) is 12.6. The smallest absolute Gasteiger partial charge is 0.166 e.